The van der Waals surface area contributed by atoms with Gasteiger partial charge in [-0.15, -0.1) is 0 Å². The standard InChI is InChI=1S/C16H21N5O3/c1-16(2,3)24-15(23)20-7-9-21(10-8-20)19-14(22)13-6-5-12(17-4)11-18-13/h5-6,11H,7-10H2,1-3H3,(H,19,22). The normalized spacial score (nSPS) is 15.5. The zero-order valence-corrected chi connectivity index (χ0v) is 14.1. The predicted molar refractivity (Wildman–Crippen MR) is 87.3 cm³/mol. The number of piperazine rings is 1. The minimum atomic E-state index is -0.522. The van der Waals surface area contributed by atoms with Gasteiger partial charge in [-0.05, 0) is 26.8 Å². The lowest BCUT2D eigenvalue weighted by atomic mass is 10.2. The summed E-state index contributed by atoms with van der Waals surface area (Å²) in [5.74, 6) is -0.336. The van der Waals surface area contributed by atoms with Crippen molar-refractivity contribution in [3.63, 3.8) is 0 Å². The van der Waals surface area contributed by atoms with E-state index in [0.717, 1.165) is 0 Å². The molecule has 0 aromatic carbocycles. The van der Waals surface area contributed by atoms with E-state index in [1.54, 1.807) is 16.0 Å². The molecule has 8 nitrogen and oxygen atoms in total. The van der Waals surface area contributed by atoms with Crippen LogP contribution in [0.15, 0.2) is 18.3 Å². The number of carbonyl (C=O) groups is 2. The van der Waals surface area contributed by atoms with Gasteiger partial charge in [-0.3, -0.25) is 15.2 Å². The Labute approximate surface area is 141 Å². The molecule has 0 spiro atoms. The van der Waals surface area contributed by atoms with Crippen molar-refractivity contribution in [2.75, 3.05) is 26.2 Å². The number of rotatable bonds is 2. The van der Waals surface area contributed by atoms with Crippen LogP contribution < -0.4 is 5.43 Å². The summed E-state index contributed by atoms with van der Waals surface area (Å²) in [5.41, 5.74) is 2.87. The second-order valence-electron chi connectivity index (χ2n) is 6.41. The van der Waals surface area contributed by atoms with Crippen molar-refractivity contribution in [3.8, 4) is 0 Å². The van der Waals surface area contributed by atoms with Crippen LogP contribution in [0.1, 0.15) is 31.3 Å². The van der Waals surface area contributed by atoms with Crippen LogP contribution in [0, 0.1) is 6.57 Å². The Hall–Kier alpha value is -2.66. The highest BCUT2D eigenvalue weighted by atomic mass is 16.6. The highest BCUT2D eigenvalue weighted by molar-refractivity contribution is 5.92. The maximum Gasteiger partial charge on any atom is 0.410 e. The van der Waals surface area contributed by atoms with E-state index < -0.39 is 5.60 Å². The molecule has 1 aromatic rings. The van der Waals surface area contributed by atoms with E-state index in [-0.39, 0.29) is 17.7 Å². The number of pyridine rings is 1. The zero-order chi connectivity index (χ0) is 17.7. The van der Waals surface area contributed by atoms with Crippen LogP contribution in [0.2, 0.25) is 0 Å². The molecule has 0 saturated carbocycles. The number of nitrogens with zero attached hydrogens (tertiary/aromatic N) is 4. The summed E-state index contributed by atoms with van der Waals surface area (Å²) in [6.45, 7) is 14.3. The molecular formula is C16H21N5O3. The number of hydrazine groups is 1. The Morgan fingerprint density at radius 3 is 2.42 bits per heavy atom. The Kier molecular flexibility index (Phi) is 5.36. The smallest absolute Gasteiger partial charge is 0.410 e. The van der Waals surface area contributed by atoms with E-state index in [1.807, 2.05) is 20.8 Å². The van der Waals surface area contributed by atoms with E-state index in [1.165, 1.54) is 12.3 Å². The molecule has 0 unspecified atom stereocenters. The van der Waals surface area contributed by atoms with Gasteiger partial charge in [0.15, 0.2) is 0 Å². The quantitative estimate of drug-likeness (QED) is 0.837. The molecule has 2 amide bonds. The minimum Gasteiger partial charge on any atom is -0.444 e. The first-order valence-corrected chi connectivity index (χ1v) is 7.66. The summed E-state index contributed by atoms with van der Waals surface area (Å²) in [4.78, 5) is 32.9. The van der Waals surface area contributed by atoms with Gasteiger partial charge in [0, 0.05) is 32.4 Å². The van der Waals surface area contributed by atoms with E-state index in [9.17, 15) is 9.59 Å². The maximum absolute atomic E-state index is 12.1. The molecule has 1 fully saturated rings. The van der Waals surface area contributed by atoms with Crippen LogP contribution in [-0.2, 0) is 4.74 Å². The number of aromatic nitrogens is 1. The van der Waals surface area contributed by atoms with Crippen molar-refractivity contribution in [2.24, 2.45) is 0 Å². The molecule has 0 atom stereocenters. The number of amides is 2. The maximum atomic E-state index is 12.1. The van der Waals surface area contributed by atoms with Gasteiger partial charge >= 0.3 is 6.09 Å². The van der Waals surface area contributed by atoms with Crippen molar-refractivity contribution in [1.29, 1.82) is 0 Å². The molecule has 0 aliphatic carbocycles. The molecule has 8 heteroatoms. The van der Waals surface area contributed by atoms with Crippen molar-refractivity contribution >= 4 is 17.7 Å². The third-order valence-corrected chi connectivity index (χ3v) is 3.30. The Balaban J connectivity index is 1.83. The Morgan fingerprint density at radius 2 is 1.92 bits per heavy atom. The highest BCUT2D eigenvalue weighted by Gasteiger charge is 2.26. The second-order valence-corrected chi connectivity index (χ2v) is 6.41. The first kappa shape index (κ1) is 17.7. The number of carbonyl (C=O) groups excluding carboxylic acids is 2. The van der Waals surface area contributed by atoms with Gasteiger partial charge in [0.05, 0.1) is 6.57 Å². The summed E-state index contributed by atoms with van der Waals surface area (Å²) < 4.78 is 5.33. The van der Waals surface area contributed by atoms with Crippen LogP contribution in [-0.4, -0.2) is 58.7 Å². The molecule has 1 N–H and O–H groups in total. The molecule has 1 aliphatic heterocycles. The zero-order valence-electron chi connectivity index (χ0n) is 14.1. The number of ether oxygens (including phenoxy) is 1. The lowest BCUT2D eigenvalue weighted by Crippen LogP contribution is -2.55. The van der Waals surface area contributed by atoms with Gasteiger partial charge in [-0.2, -0.15) is 0 Å². The Bertz CT molecular complexity index is 637. The van der Waals surface area contributed by atoms with Crippen molar-refractivity contribution < 1.29 is 14.3 Å². The third kappa shape index (κ3) is 4.93. The number of hydrogen-bond donors (Lipinski definition) is 1. The van der Waals surface area contributed by atoms with Crippen molar-refractivity contribution in [1.82, 2.24) is 20.3 Å². The summed E-state index contributed by atoms with van der Waals surface area (Å²) >= 11 is 0. The van der Waals surface area contributed by atoms with Gasteiger partial charge < -0.3 is 9.64 Å². The predicted octanol–water partition coefficient (Wildman–Crippen LogP) is 1.83. The van der Waals surface area contributed by atoms with Crippen LogP contribution in [0.4, 0.5) is 10.5 Å². The monoisotopic (exact) mass is 331 g/mol. The molecule has 2 heterocycles. The largest absolute Gasteiger partial charge is 0.444 e. The van der Waals surface area contributed by atoms with Crippen molar-refractivity contribution in [3.05, 3.63) is 35.4 Å². The first-order chi connectivity index (χ1) is 11.3. The van der Waals surface area contributed by atoms with Gasteiger partial charge in [0.25, 0.3) is 5.91 Å². The van der Waals surface area contributed by atoms with Crippen molar-refractivity contribution in [2.45, 2.75) is 26.4 Å². The van der Waals surface area contributed by atoms with Gasteiger partial charge in [0.2, 0.25) is 5.69 Å². The highest BCUT2D eigenvalue weighted by Crippen LogP contribution is 2.12. The second kappa shape index (κ2) is 7.27. The number of nitrogens with one attached hydrogen (secondary N) is 1. The molecule has 1 aromatic heterocycles. The molecule has 2 rings (SSSR count). The molecule has 24 heavy (non-hydrogen) atoms. The van der Waals surface area contributed by atoms with Crippen LogP contribution in [0.25, 0.3) is 4.85 Å². The summed E-state index contributed by atoms with van der Waals surface area (Å²) in [5, 5.41) is 1.74. The summed E-state index contributed by atoms with van der Waals surface area (Å²) in [6, 6.07) is 3.06. The minimum absolute atomic E-state index is 0.247. The van der Waals surface area contributed by atoms with E-state index in [2.05, 4.69) is 15.3 Å². The molecule has 1 saturated heterocycles. The topological polar surface area (TPSA) is 79.1 Å². The average molecular weight is 331 g/mol. The Morgan fingerprint density at radius 1 is 1.25 bits per heavy atom. The lowest BCUT2D eigenvalue weighted by Gasteiger charge is -2.35. The molecule has 0 radical (unpaired) electrons. The van der Waals surface area contributed by atoms with Gasteiger partial charge in [-0.25, -0.2) is 14.6 Å². The first-order valence-electron chi connectivity index (χ1n) is 7.66. The summed E-state index contributed by atoms with van der Waals surface area (Å²) in [6.07, 6.45) is 1.02. The van der Waals surface area contributed by atoms with E-state index in [4.69, 9.17) is 11.3 Å². The fourth-order valence-electron chi connectivity index (χ4n) is 2.11. The van der Waals surface area contributed by atoms with Gasteiger partial charge in [0.1, 0.15) is 11.3 Å². The molecule has 128 valence electrons. The van der Waals surface area contributed by atoms with Crippen LogP contribution in [0.5, 0.6) is 0 Å². The van der Waals surface area contributed by atoms with Crippen LogP contribution >= 0.6 is 0 Å². The third-order valence-electron chi connectivity index (χ3n) is 3.30. The number of hydrogen-bond acceptors (Lipinski definition) is 5. The fourth-order valence-corrected chi connectivity index (χ4v) is 2.11. The fraction of sp³-hybridized carbons (Fsp3) is 0.500. The molecule has 1 aliphatic rings. The molecule has 0 bridgehead atoms. The summed E-state index contributed by atoms with van der Waals surface area (Å²) in [7, 11) is 0. The van der Waals surface area contributed by atoms with Crippen LogP contribution in [0.3, 0.4) is 0 Å². The molecular weight excluding hydrogens is 310 g/mol. The van der Waals surface area contributed by atoms with Gasteiger partial charge in [-0.1, -0.05) is 6.07 Å². The van der Waals surface area contributed by atoms with E-state index >= 15 is 0 Å². The average Bonchev–Trinajstić information content (AvgIpc) is 2.54. The lowest BCUT2D eigenvalue weighted by molar-refractivity contribution is 0.00971. The SMILES string of the molecule is [C-]#[N+]c1ccc(C(=O)NN2CCN(C(=O)OC(C)(C)C)CC2)nc1. The van der Waals surface area contributed by atoms with E-state index in [0.29, 0.717) is 31.9 Å².